The molecule has 0 aromatic carbocycles. The zero-order valence-corrected chi connectivity index (χ0v) is 11.5. The Balaban J connectivity index is 1.63. The van der Waals surface area contributed by atoms with Gasteiger partial charge in [0.2, 0.25) is 0 Å². The van der Waals surface area contributed by atoms with Crippen LogP contribution in [0.2, 0.25) is 0 Å². The highest BCUT2D eigenvalue weighted by Crippen LogP contribution is 2.29. The van der Waals surface area contributed by atoms with Gasteiger partial charge in [0.25, 0.3) is 0 Å². The standard InChI is InChI=1S/C14H27NS/c1-16-14-9-8-13(10-14)15-11-12-6-4-2-3-5-7-12/h12-15H,2-11H2,1H3. The van der Waals surface area contributed by atoms with Gasteiger partial charge in [0.05, 0.1) is 0 Å². The van der Waals surface area contributed by atoms with Gasteiger partial charge in [-0.05, 0) is 50.8 Å². The molecule has 0 aromatic rings. The van der Waals surface area contributed by atoms with Crippen LogP contribution in [0.3, 0.4) is 0 Å². The van der Waals surface area contributed by atoms with Gasteiger partial charge in [-0.25, -0.2) is 0 Å². The van der Waals surface area contributed by atoms with Gasteiger partial charge in [-0.1, -0.05) is 25.7 Å². The first-order valence-electron chi connectivity index (χ1n) is 7.14. The van der Waals surface area contributed by atoms with Crippen LogP contribution >= 0.6 is 11.8 Å². The molecule has 2 atom stereocenters. The van der Waals surface area contributed by atoms with Gasteiger partial charge < -0.3 is 5.32 Å². The first-order chi connectivity index (χ1) is 7.88. The fourth-order valence-electron chi connectivity index (χ4n) is 3.24. The fraction of sp³-hybridized carbons (Fsp3) is 1.00. The molecule has 1 N–H and O–H groups in total. The number of thioether (sulfide) groups is 1. The van der Waals surface area contributed by atoms with Gasteiger partial charge in [0.15, 0.2) is 0 Å². The zero-order valence-electron chi connectivity index (χ0n) is 10.7. The van der Waals surface area contributed by atoms with Crippen LogP contribution in [0, 0.1) is 5.92 Å². The average Bonchev–Trinajstić information content (AvgIpc) is 2.61. The van der Waals surface area contributed by atoms with Crippen LogP contribution in [0.4, 0.5) is 0 Å². The highest BCUT2D eigenvalue weighted by Gasteiger charge is 2.24. The number of nitrogens with one attached hydrogen (secondary N) is 1. The Hall–Kier alpha value is 0.310. The first kappa shape index (κ1) is 12.8. The third kappa shape index (κ3) is 3.96. The quantitative estimate of drug-likeness (QED) is 0.751. The summed E-state index contributed by atoms with van der Waals surface area (Å²) in [4.78, 5) is 0. The van der Waals surface area contributed by atoms with E-state index in [1.54, 1.807) is 0 Å². The van der Waals surface area contributed by atoms with Crippen LogP contribution in [0.15, 0.2) is 0 Å². The Labute approximate surface area is 105 Å². The minimum atomic E-state index is 0.834. The maximum absolute atomic E-state index is 3.83. The monoisotopic (exact) mass is 241 g/mol. The summed E-state index contributed by atoms with van der Waals surface area (Å²) in [7, 11) is 0. The van der Waals surface area contributed by atoms with E-state index in [1.165, 1.54) is 64.3 Å². The summed E-state index contributed by atoms with van der Waals surface area (Å²) in [6.07, 6.45) is 15.4. The smallest absolute Gasteiger partial charge is 0.00781 e. The summed E-state index contributed by atoms with van der Waals surface area (Å²) in [6, 6.07) is 0.834. The Morgan fingerprint density at radius 3 is 2.38 bits per heavy atom. The van der Waals surface area contributed by atoms with E-state index in [-0.39, 0.29) is 0 Å². The summed E-state index contributed by atoms with van der Waals surface area (Å²) < 4.78 is 0. The van der Waals surface area contributed by atoms with Crippen molar-refractivity contribution >= 4 is 11.8 Å². The average molecular weight is 241 g/mol. The lowest BCUT2D eigenvalue weighted by molar-refractivity contribution is 0.392. The topological polar surface area (TPSA) is 12.0 Å². The van der Waals surface area contributed by atoms with Gasteiger partial charge in [0.1, 0.15) is 0 Å². The molecule has 2 rings (SSSR count). The molecule has 2 aliphatic carbocycles. The SMILES string of the molecule is CSC1CCC(NCC2CCCCCC2)C1. The molecule has 2 fully saturated rings. The molecule has 0 aromatic heterocycles. The molecular weight excluding hydrogens is 214 g/mol. The molecule has 0 saturated heterocycles. The molecule has 1 nitrogen and oxygen atoms in total. The van der Waals surface area contributed by atoms with Crippen molar-refractivity contribution < 1.29 is 0 Å². The third-order valence-electron chi connectivity index (χ3n) is 4.39. The maximum atomic E-state index is 3.83. The Morgan fingerprint density at radius 2 is 1.75 bits per heavy atom. The van der Waals surface area contributed by atoms with Gasteiger partial charge in [0, 0.05) is 11.3 Å². The Kier molecular flexibility index (Phi) is 5.51. The lowest BCUT2D eigenvalue weighted by atomic mass is 10.00. The van der Waals surface area contributed by atoms with Gasteiger partial charge in [-0.3, -0.25) is 0 Å². The van der Waals surface area contributed by atoms with E-state index in [9.17, 15) is 0 Å². The normalized spacial score (nSPS) is 32.8. The molecule has 2 aliphatic rings. The summed E-state index contributed by atoms with van der Waals surface area (Å²) >= 11 is 2.06. The number of hydrogen-bond acceptors (Lipinski definition) is 2. The van der Waals surface area contributed by atoms with Gasteiger partial charge in [-0.15, -0.1) is 0 Å². The van der Waals surface area contributed by atoms with Crippen LogP contribution in [0.25, 0.3) is 0 Å². The first-order valence-corrected chi connectivity index (χ1v) is 8.43. The molecule has 2 heteroatoms. The van der Waals surface area contributed by atoms with Crippen molar-refractivity contribution in [1.29, 1.82) is 0 Å². The molecule has 0 heterocycles. The van der Waals surface area contributed by atoms with Crippen molar-refractivity contribution in [1.82, 2.24) is 5.32 Å². The van der Waals surface area contributed by atoms with Crippen LogP contribution in [-0.2, 0) is 0 Å². The zero-order chi connectivity index (χ0) is 11.2. The largest absolute Gasteiger partial charge is 0.314 e. The predicted octanol–water partition coefficient (Wildman–Crippen LogP) is 3.83. The molecule has 16 heavy (non-hydrogen) atoms. The van der Waals surface area contributed by atoms with Crippen molar-refractivity contribution in [2.24, 2.45) is 5.92 Å². The van der Waals surface area contributed by atoms with Gasteiger partial charge in [-0.2, -0.15) is 11.8 Å². The van der Waals surface area contributed by atoms with Crippen LogP contribution in [0.5, 0.6) is 0 Å². The van der Waals surface area contributed by atoms with Crippen molar-refractivity contribution in [3.8, 4) is 0 Å². The van der Waals surface area contributed by atoms with E-state index < -0.39 is 0 Å². The number of rotatable bonds is 4. The predicted molar refractivity (Wildman–Crippen MR) is 74.1 cm³/mol. The molecule has 0 amide bonds. The summed E-state index contributed by atoms with van der Waals surface area (Å²) in [5.41, 5.74) is 0. The molecule has 2 saturated carbocycles. The Bertz CT molecular complexity index is 187. The molecule has 2 unspecified atom stereocenters. The fourth-order valence-corrected chi connectivity index (χ4v) is 4.04. The highest BCUT2D eigenvalue weighted by atomic mass is 32.2. The lowest BCUT2D eigenvalue weighted by Gasteiger charge is -2.19. The summed E-state index contributed by atoms with van der Waals surface area (Å²) in [5, 5.41) is 4.77. The Morgan fingerprint density at radius 1 is 1.00 bits per heavy atom. The lowest BCUT2D eigenvalue weighted by Crippen LogP contribution is -2.31. The highest BCUT2D eigenvalue weighted by molar-refractivity contribution is 7.99. The number of hydrogen-bond donors (Lipinski definition) is 1. The molecular formula is C14H27NS. The molecule has 0 aliphatic heterocycles. The van der Waals surface area contributed by atoms with Crippen LogP contribution in [-0.4, -0.2) is 24.1 Å². The molecule has 0 spiro atoms. The van der Waals surface area contributed by atoms with Crippen LogP contribution < -0.4 is 5.32 Å². The third-order valence-corrected chi connectivity index (χ3v) is 5.48. The van der Waals surface area contributed by atoms with E-state index in [0.29, 0.717) is 0 Å². The second-order valence-electron chi connectivity index (χ2n) is 5.63. The van der Waals surface area contributed by atoms with Crippen LogP contribution in [0.1, 0.15) is 57.8 Å². The van der Waals surface area contributed by atoms with E-state index in [1.807, 2.05) is 0 Å². The summed E-state index contributed by atoms with van der Waals surface area (Å²) in [5.74, 6) is 0.982. The second kappa shape index (κ2) is 6.90. The van der Waals surface area contributed by atoms with Crippen molar-refractivity contribution in [3.05, 3.63) is 0 Å². The minimum absolute atomic E-state index is 0.834. The van der Waals surface area contributed by atoms with Gasteiger partial charge >= 0.3 is 0 Å². The molecule has 94 valence electrons. The molecule has 0 bridgehead atoms. The van der Waals surface area contributed by atoms with Crippen molar-refractivity contribution in [3.63, 3.8) is 0 Å². The second-order valence-corrected chi connectivity index (χ2v) is 6.77. The maximum Gasteiger partial charge on any atom is 0.00781 e. The van der Waals surface area contributed by atoms with Crippen molar-refractivity contribution in [2.45, 2.75) is 69.1 Å². The molecule has 0 radical (unpaired) electrons. The van der Waals surface area contributed by atoms with E-state index in [4.69, 9.17) is 0 Å². The van der Waals surface area contributed by atoms with E-state index in [2.05, 4.69) is 23.3 Å². The minimum Gasteiger partial charge on any atom is -0.314 e. The van der Waals surface area contributed by atoms with E-state index >= 15 is 0 Å². The van der Waals surface area contributed by atoms with Crippen molar-refractivity contribution in [2.75, 3.05) is 12.8 Å². The summed E-state index contributed by atoms with van der Waals surface area (Å²) in [6.45, 7) is 1.30. The van der Waals surface area contributed by atoms with E-state index in [0.717, 1.165) is 17.2 Å².